The van der Waals surface area contributed by atoms with Crippen molar-refractivity contribution in [2.75, 3.05) is 0 Å². The van der Waals surface area contributed by atoms with Crippen LogP contribution in [0.3, 0.4) is 0 Å². The largest absolute Gasteiger partial charge is 0.385 e. The van der Waals surface area contributed by atoms with E-state index in [2.05, 4.69) is 32.9 Å². The number of aliphatic hydroxyl groups is 1. The normalized spacial score (nSPS) is 39.1. The maximum Gasteiger partial charge on any atom is 0.0924 e. The lowest BCUT2D eigenvalue weighted by molar-refractivity contribution is -0.00410. The maximum atomic E-state index is 11.1. The number of rotatable bonds is 1. The van der Waals surface area contributed by atoms with Gasteiger partial charge in [0.25, 0.3) is 0 Å². The van der Waals surface area contributed by atoms with Gasteiger partial charge < -0.3 is 5.11 Å². The van der Waals surface area contributed by atoms with E-state index in [1.165, 1.54) is 17.6 Å². The van der Waals surface area contributed by atoms with E-state index in [4.69, 9.17) is 0 Å². The Morgan fingerprint density at radius 1 is 1.38 bits per heavy atom. The Bertz CT molecular complexity index is 322. The summed E-state index contributed by atoms with van der Waals surface area (Å²) >= 11 is 0. The van der Waals surface area contributed by atoms with Crippen LogP contribution in [-0.2, 0) is 0 Å². The fraction of sp³-hybridized carbons (Fsp3) is 0.733. The Morgan fingerprint density at radius 3 is 2.69 bits per heavy atom. The van der Waals surface area contributed by atoms with Crippen molar-refractivity contribution in [3.05, 3.63) is 23.3 Å². The van der Waals surface area contributed by atoms with Crippen LogP contribution in [0.4, 0.5) is 0 Å². The lowest BCUT2D eigenvalue weighted by Gasteiger charge is -2.43. The third kappa shape index (κ3) is 1.98. The Kier molecular flexibility index (Phi) is 3.25. The average Bonchev–Trinajstić information content (AvgIpc) is 2.69. The summed E-state index contributed by atoms with van der Waals surface area (Å²) in [7, 11) is 0. The van der Waals surface area contributed by atoms with Gasteiger partial charge in [0.1, 0.15) is 0 Å². The summed E-state index contributed by atoms with van der Waals surface area (Å²) in [5, 5.41) is 11.1. The first kappa shape index (κ1) is 11.9. The van der Waals surface area contributed by atoms with Crippen molar-refractivity contribution < 1.29 is 5.11 Å². The molecule has 1 heteroatoms. The summed E-state index contributed by atoms with van der Waals surface area (Å²) in [5.74, 6) is 1.02. The maximum absolute atomic E-state index is 11.1. The predicted octanol–water partition coefficient (Wildman–Crippen LogP) is 3.84. The molecule has 2 rings (SSSR count). The van der Waals surface area contributed by atoms with Gasteiger partial charge in [0, 0.05) is 5.92 Å². The molecule has 0 amide bonds. The van der Waals surface area contributed by atoms with Gasteiger partial charge in [0.05, 0.1) is 5.60 Å². The Labute approximate surface area is 99.3 Å². The van der Waals surface area contributed by atoms with Crippen LogP contribution >= 0.6 is 0 Å². The van der Waals surface area contributed by atoms with Gasteiger partial charge in [-0.15, -0.1) is 0 Å². The highest BCUT2D eigenvalue weighted by atomic mass is 16.3. The van der Waals surface area contributed by atoms with Gasteiger partial charge in [-0.1, -0.05) is 24.6 Å². The molecule has 0 radical (unpaired) electrons. The first-order chi connectivity index (χ1) is 7.54. The first-order valence-electron chi connectivity index (χ1n) is 6.60. The Balaban J connectivity index is 2.32. The Morgan fingerprint density at radius 2 is 2.12 bits per heavy atom. The molecule has 0 heterocycles. The topological polar surface area (TPSA) is 20.2 Å². The summed E-state index contributed by atoms with van der Waals surface area (Å²) in [4.78, 5) is 0. The van der Waals surface area contributed by atoms with Crippen molar-refractivity contribution in [1.29, 1.82) is 0 Å². The molecule has 1 nitrogen and oxygen atoms in total. The van der Waals surface area contributed by atoms with Gasteiger partial charge in [0.15, 0.2) is 0 Å². The molecule has 0 aromatic heterocycles. The van der Waals surface area contributed by atoms with E-state index in [-0.39, 0.29) is 0 Å². The monoisotopic (exact) mass is 220 g/mol. The first-order valence-corrected chi connectivity index (χ1v) is 6.60. The highest BCUT2D eigenvalue weighted by Crippen LogP contribution is 2.46. The van der Waals surface area contributed by atoms with E-state index in [9.17, 15) is 5.11 Å². The highest BCUT2D eigenvalue weighted by Gasteiger charge is 2.43. The number of hydrogen-bond donors (Lipinski definition) is 1. The molecule has 0 bridgehead atoms. The van der Waals surface area contributed by atoms with E-state index in [0.29, 0.717) is 11.8 Å². The standard InChI is InChI=1S/C15H24O/c1-11(2)14-9-8-12(3)10-15(14,16)13-6-4-5-7-13/h4,6,12-13,16H,5,7-10H2,1-3H3/t12-,13+,15+/m1/s1. The van der Waals surface area contributed by atoms with Gasteiger partial charge in [-0.3, -0.25) is 0 Å². The van der Waals surface area contributed by atoms with E-state index in [1.807, 2.05) is 0 Å². The summed E-state index contributed by atoms with van der Waals surface area (Å²) in [6.07, 6.45) is 10.00. The highest BCUT2D eigenvalue weighted by molar-refractivity contribution is 5.28. The van der Waals surface area contributed by atoms with E-state index in [0.717, 1.165) is 25.7 Å². The van der Waals surface area contributed by atoms with Crippen LogP contribution in [0.1, 0.15) is 52.9 Å². The zero-order chi connectivity index (χ0) is 11.8. The molecule has 90 valence electrons. The van der Waals surface area contributed by atoms with Crippen LogP contribution < -0.4 is 0 Å². The second-order valence-electron chi connectivity index (χ2n) is 5.86. The number of allylic oxidation sites excluding steroid dienone is 2. The summed E-state index contributed by atoms with van der Waals surface area (Å²) in [6, 6.07) is 0. The van der Waals surface area contributed by atoms with Crippen LogP contribution in [0.15, 0.2) is 23.3 Å². The van der Waals surface area contributed by atoms with Crippen molar-refractivity contribution in [2.45, 2.75) is 58.5 Å². The molecule has 2 aliphatic carbocycles. The van der Waals surface area contributed by atoms with Crippen molar-refractivity contribution >= 4 is 0 Å². The second kappa shape index (κ2) is 4.37. The molecule has 0 aliphatic heterocycles. The lowest BCUT2D eigenvalue weighted by Crippen LogP contribution is -2.43. The second-order valence-corrected chi connectivity index (χ2v) is 5.86. The Hall–Kier alpha value is -0.560. The summed E-state index contributed by atoms with van der Waals surface area (Å²) in [6.45, 7) is 6.56. The van der Waals surface area contributed by atoms with E-state index < -0.39 is 5.60 Å². The average molecular weight is 220 g/mol. The number of hydrogen-bond acceptors (Lipinski definition) is 1. The van der Waals surface area contributed by atoms with Crippen LogP contribution in [0.2, 0.25) is 0 Å². The smallest absolute Gasteiger partial charge is 0.0924 e. The predicted molar refractivity (Wildman–Crippen MR) is 68.2 cm³/mol. The van der Waals surface area contributed by atoms with Crippen LogP contribution in [0.5, 0.6) is 0 Å². The molecule has 1 fully saturated rings. The van der Waals surface area contributed by atoms with Gasteiger partial charge in [-0.05, 0) is 57.4 Å². The zero-order valence-corrected chi connectivity index (χ0v) is 10.8. The molecule has 0 aromatic carbocycles. The van der Waals surface area contributed by atoms with Gasteiger partial charge in [-0.25, -0.2) is 0 Å². The van der Waals surface area contributed by atoms with Gasteiger partial charge in [-0.2, -0.15) is 0 Å². The van der Waals surface area contributed by atoms with Crippen LogP contribution in [0.25, 0.3) is 0 Å². The quantitative estimate of drug-likeness (QED) is 0.666. The molecule has 0 aromatic rings. The fourth-order valence-corrected chi connectivity index (χ4v) is 3.45. The third-order valence-electron chi connectivity index (χ3n) is 4.30. The molecular formula is C15H24O. The summed E-state index contributed by atoms with van der Waals surface area (Å²) < 4.78 is 0. The molecule has 0 saturated heterocycles. The van der Waals surface area contributed by atoms with Crippen LogP contribution in [-0.4, -0.2) is 10.7 Å². The SMILES string of the molecule is CC(C)=C1CC[C@@H](C)C[C@]1(O)[C@H]1C=CCC1. The van der Waals surface area contributed by atoms with E-state index in [1.54, 1.807) is 0 Å². The van der Waals surface area contributed by atoms with Gasteiger partial charge in [0.2, 0.25) is 0 Å². The van der Waals surface area contributed by atoms with Crippen molar-refractivity contribution in [1.82, 2.24) is 0 Å². The van der Waals surface area contributed by atoms with Crippen molar-refractivity contribution in [2.24, 2.45) is 11.8 Å². The fourth-order valence-electron chi connectivity index (χ4n) is 3.45. The molecule has 0 spiro atoms. The molecule has 0 unspecified atom stereocenters. The third-order valence-corrected chi connectivity index (χ3v) is 4.30. The molecule has 2 aliphatic rings. The van der Waals surface area contributed by atoms with E-state index >= 15 is 0 Å². The van der Waals surface area contributed by atoms with Crippen molar-refractivity contribution in [3.8, 4) is 0 Å². The molecule has 16 heavy (non-hydrogen) atoms. The summed E-state index contributed by atoms with van der Waals surface area (Å²) in [5.41, 5.74) is 2.11. The molecule has 1 saturated carbocycles. The van der Waals surface area contributed by atoms with Crippen molar-refractivity contribution in [3.63, 3.8) is 0 Å². The zero-order valence-electron chi connectivity index (χ0n) is 10.8. The molecular weight excluding hydrogens is 196 g/mol. The minimum Gasteiger partial charge on any atom is -0.385 e. The minimum atomic E-state index is -0.538. The lowest BCUT2D eigenvalue weighted by atomic mass is 9.67. The molecule has 1 N–H and O–H groups in total. The van der Waals surface area contributed by atoms with Crippen LogP contribution in [0, 0.1) is 11.8 Å². The van der Waals surface area contributed by atoms with Gasteiger partial charge >= 0.3 is 0 Å². The minimum absolute atomic E-state index is 0.361. The molecule has 3 atom stereocenters.